The molecule has 2 atom stereocenters. The van der Waals surface area contributed by atoms with Crippen LogP contribution >= 0.6 is 0 Å². The van der Waals surface area contributed by atoms with Gasteiger partial charge in [-0.2, -0.15) is 0 Å². The van der Waals surface area contributed by atoms with Crippen molar-refractivity contribution >= 4 is 5.82 Å². The molecule has 1 saturated heterocycles. The number of ether oxygens (including phenoxy) is 1. The van der Waals surface area contributed by atoms with E-state index in [2.05, 4.69) is 25.6 Å². The molecule has 0 saturated carbocycles. The van der Waals surface area contributed by atoms with Crippen LogP contribution in [0.3, 0.4) is 0 Å². The largest absolute Gasteiger partial charge is 0.377 e. The SMILES string of the molecule is CCc1ncnc(N[C@H]2COC[C@H]2n2ccnn2)c1F. The summed E-state index contributed by atoms with van der Waals surface area (Å²) < 4.78 is 21.3. The molecule has 1 aliphatic rings. The molecular weight excluding hydrogens is 263 g/mol. The summed E-state index contributed by atoms with van der Waals surface area (Å²) in [6.07, 6.45) is 5.26. The van der Waals surface area contributed by atoms with Crippen LogP contribution in [-0.2, 0) is 11.2 Å². The molecule has 7 nitrogen and oxygen atoms in total. The third kappa shape index (κ3) is 2.34. The highest BCUT2D eigenvalue weighted by molar-refractivity contribution is 5.39. The highest BCUT2D eigenvalue weighted by Crippen LogP contribution is 2.23. The third-order valence-corrected chi connectivity index (χ3v) is 3.35. The minimum atomic E-state index is -0.403. The first-order chi connectivity index (χ1) is 9.79. The van der Waals surface area contributed by atoms with Crippen molar-refractivity contribution in [3.05, 3.63) is 30.2 Å². The molecule has 0 aromatic carbocycles. The van der Waals surface area contributed by atoms with Crippen LogP contribution in [0.25, 0.3) is 0 Å². The maximum Gasteiger partial charge on any atom is 0.186 e. The lowest BCUT2D eigenvalue weighted by Gasteiger charge is -2.19. The smallest absolute Gasteiger partial charge is 0.186 e. The second-order valence-electron chi connectivity index (χ2n) is 4.58. The monoisotopic (exact) mass is 278 g/mol. The van der Waals surface area contributed by atoms with Crippen LogP contribution in [0.4, 0.5) is 10.2 Å². The second kappa shape index (κ2) is 5.49. The highest BCUT2D eigenvalue weighted by atomic mass is 19.1. The zero-order valence-corrected chi connectivity index (χ0v) is 11.0. The molecule has 0 bridgehead atoms. The number of hydrogen-bond donors (Lipinski definition) is 1. The molecule has 0 spiro atoms. The standard InChI is InChI=1S/C12H15FN6O/c1-2-8-11(13)12(15-7-14-8)17-9-5-20-6-10(9)19-4-3-16-18-19/h3-4,7,9-10H,2,5-6H2,1H3,(H,14,15,17)/t9-,10+/m0/s1. The van der Waals surface area contributed by atoms with Crippen molar-refractivity contribution in [2.24, 2.45) is 0 Å². The number of anilines is 1. The van der Waals surface area contributed by atoms with Gasteiger partial charge in [-0.1, -0.05) is 12.1 Å². The van der Waals surface area contributed by atoms with Gasteiger partial charge in [0.15, 0.2) is 11.6 Å². The maximum absolute atomic E-state index is 14.1. The van der Waals surface area contributed by atoms with Crippen molar-refractivity contribution in [1.82, 2.24) is 25.0 Å². The van der Waals surface area contributed by atoms with Gasteiger partial charge < -0.3 is 10.1 Å². The summed E-state index contributed by atoms with van der Waals surface area (Å²) >= 11 is 0. The number of halogens is 1. The van der Waals surface area contributed by atoms with Gasteiger partial charge in [0.1, 0.15) is 6.33 Å². The summed E-state index contributed by atoms with van der Waals surface area (Å²) in [6.45, 7) is 2.83. The van der Waals surface area contributed by atoms with Gasteiger partial charge in [-0.05, 0) is 6.42 Å². The molecule has 1 aliphatic heterocycles. The molecule has 8 heteroatoms. The molecule has 3 heterocycles. The Balaban J connectivity index is 1.80. The van der Waals surface area contributed by atoms with E-state index in [9.17, 15) is 4.39 Å². The van der Waals surface area contributed by atoms with Crippen LogP contribution in [0.15, 0.2) is 18.7 Å². The molecule has 2 aromatic rings. The zero-order valence-electron chi connectivity index (χ0n) is 11.0. The Morgan fingerprint density at radius 1 is 1.45 bits per heavy atom. The first-order valence-corrected chi connectivity index (χ1v) is 6.49. The van der Waals surface area contributed by atoms with E-state index in [0.717, 1.165) is 0 Å². The van der Waals surface area contributed by atoms with Gasteiger partial charge in [-0.25, -0.2) is 19.0 Å². The van der Waals surface area contributed by atoms with E-state index in [1.165, 1.54) is 6.33 Å². The number of nitrogens with one attached hydrogen (secondary N) is 1. The second-order valence-corrected chi connectivity index (χ2v) is 4.58. The molecule has 1 N–H and O–H groups in total. The van der Waals surface area contributed by atoms with Crippen LogP contribution in [0.5, 0.6) is 0 Å². The summed E-state index contributed by atoms with van der Waals surface area (Å²) in [4.78, 5) is 7.88. The fourth-order valence-electron chi connectivity index (χ4n) is 2.26. The summed E-state index contributed by atoms with van der Waals surface area (Å²) in [5, 5.41) is 10.8. The lowest BCUT2D eigenvalue weighted by molar-refractivity contribution is 0.183. The van der Waals surface area contributed by atoms with E-state index in [-0.39, 0.29) is 17.9 Å². The Morgan fingerprint density at radius 2 is 2.35 bits per heavy atom. The Morgan fingerprint density at radius 3 is 3.10 bits per heavy atom. The highest BCUT2D eigenvalue weighted by Gasteiger charge is 2.31. The van der Waals surface area contributed by atoms with Gasteiger partial charge in [0.2, 0.25) is 0 Å². The number of rotatable bonds is 4. The van der Waals surface area contributed by atoms with Crippen LogP contribution in [0.2, 0.25) is 0 Å². The van der Waals surface area contributed by atoms with E-state index < -0.39 is 5.82 Å². The third-order valence-electron chi connectivity index (χ3n) is 3.35. The molecular formula is C12H15FN6O. The van der Waals surface area contributed by atoms with Crippen molar-refractivity contribution < 1.29 is 9.13 Å². The van der Waals surface area contributed by atoms with Crippen LogP contribution < -0.4 is 5.32 Å². The van der Waals surface area contributed by atoms with Crippen molar-refractivity contribution in [1.29, 1.82) is 0 Å². The topological polar surface area (TPSA) is 77.8 Å². The molecule has 3 rings (SSSR count). The van der Waals surface area contributed by atoms with Crippen molar-refractivity contribution in [2.45, 2.75) is 25.4 Å². The van der Waals surface area contributed by atoms with Gasteiger partial charge >= 0.3 is 0 Å². The van der Waals surface area contributed by atoms with E-state index >= 15 is 0 Å². The molecule has 0 amide bonds. The van der Waals surface area contributed by atoms with Crippen molar-refractivity contribution in [3.63, 3.8) is 0 Å². The van der Waals surface area contributed by atoms with Gasteiger partial charge in [0.05, 0.1) is 37.2 Å². The number of nitrogens with zero attached hydrogens (tertiary/aromatic N) is 5. The van der Waals surface area contributed by atoms with Crippen LogP contribution in [0.1, 0.15) is 18.7 Å². The van der Waals surface area contributed by atoms with E-state index in [0.29, 0.717) is 25.3 Å². The zero-order chi connectivity index (χ0) is 13.9. The Bertz CT molecular complexity index is 575. The van der Waals surface area contributed by atoms with E-state index in [1.54, 1.807) is 17.1 Å². The molecule has 0 radical (unpaired) electrons. The van der Waals surface area contributed by atoms with Gasteiger partial charge in [-0.3, -0.25) is 0 Å². The average Bonchev–Trinajstić information content (AvgIpc) is 3.11. The minimum absolute atomic E-state index is 0.0306. The fraction of sp³-hybridized carbons (Fsp3) is 0.500. The van der Waals surface area contributed by atoms with Crippen molar-refractivity contribution in [2.75, 3.05) is 18.5 Å². The lowest BCUT2D eigenvalue weighted by atomic mass is 10.1. The van der Waals surface area contributed by atoms with Crippen LogP contribution in [-0.4, -0.2) is 44.2 Å². The predicted octanol–water partition coefficient (Wildman–Crippen LogP) is 0.822. The summed E-state index contributed by atoms with van der Waals surface area (Å²) in [6, 6.07) is -0.136. The first kappa shape index (κ1) is 12.9. The Labute approximate surface area is 115 Å². The summed E-state index contributed by atoms with van der Waals surface area (Å²) in [5.41, 5.74) is 0.402. The molecule has 20 heavy (non-hydrogen) atoms. The summed E-state index contributed by atoms with van der Waals surface area (Å²) in [5.74, 6) is -0.197. The van der Waals surface area contributed by atoms with Crippen LogP contribution in [0, 0.1) is 5.82 Å². The van der Waals surface area contributed by atoms with E-state index in [1.807, 2.05) is 6.92 Å². The Hall–Kier alpha value is -2.09. The molecule has 1 fully saturated rings. The molecule has 0 aliphatic carbocycles. The van der Waals surface area contributed by atoms with Gasteiger partial charge in [0, 0.05) is 6.20 Å². The quantitative estimate of drug-likeness (QED) is 0.892. The van der Waals surface area contributed by atoms with Gasteiger partial charge in [0.25, 0.3) is 0 Å². The maximum atomic E-state index is 14.1. The fourth-order valence-corrected chi connectivity index (χ4v) is 2.26. The lowest BCUT2D eigenvalue weighted by Crippen LogP contribution is -2.31. The number of hydrogen-bond acceptors (Lipinski definition) is 6. The number of aryl methyl sites for hydroxylation is 1. The predicted molar refractivity (Wildman–Crippen MR) is 68.7 cm³/mol. The van der Waals surface area contributed by atoms with Gasteiger partial charge in [-0.15, -0.1) is 5.10 Å². The Kier molecular flexibility index (Phi) is 3.55. The molecule has 2 aromatic heterocycles. The number of aromatic nitrogens is 5. The van der Waals surface area contributed by atoms with Crippen molar-refractivity contribution in [3.8, 4) is 0 Å². The van der Waals surface area contributed by atoms with E-state index in [4.69, 9.17) is 4.74 Å². The summed E-state index contributed by atoms with van der Waals surface area (Å²) in [7, 11) is 0. The average molecular weight is 278 g/mol. The minimum Gasteiger partial charge on any atom is -0.377 e. The molecule has 106 valence electrons. The normalized spacial score (nSPS) is 22.1. The first-order valence-electron chi connectivity index (χ1n) is 6.49. The molecule has 0 unspecified atom stereocenters.